The Kier molecular flexibility index (Phi) is 4.49. The lowest BCUT2D eigenvalue weighted by Gasteiger charge is -2.14. The van der Waals surface area contributed by atoms with Crippen LogP contribution in [0.5, 0.6) is 0 Å². The van der Waals surface area contributed by atoms with Gasteiger partial charge in [-0.15, -0.1) is 22.7 Å². The third-order valence-electron chi connectivity index (χ3n) is 3.25. The molecule has 1 atom stereocenters. The van der Waals surface area contributed by atoms with Crippen LogP contribution in [0.3, 0.4) is 0 Å². The van der Waals surface area contributed by atoms with Crippen LogP contribution in [0.25, 0.3) is 9.88 Å². The van der Waals surface area contributed by atoms with Crippen LogP contribution in [0.2, 0.25) is 0 Å². The average Bonchev–Trinajstić information content (AvgIpc) is 3.18. The van der Waals surface area contributed by atoms with Crippen molar-refractivity contribution in [2.75, 3.05) is 0 Å². The molecule has 0 saturated carbocycles. The zero-order chi connectivity index (χ0) is 16.4. The Hall–Kier alpha value is -2.12. The third-order valence-corrected chi connectivity index (χ3v) is 5.13. The average molecular weight is 350 g/mol. The molecule has 3 aromatic rings. The number of thiazole rings is 1. The van der Waals surface area contributed by atoms with Crippen LogP contribution in [-0.4, -0.2) is 10.9 Å². The molecule has 2 heterocycles. The van der Waals surface area contributed by atoms with E-state index in [9.17, 15) is 13.6 Å². The number of carbonyl (C=O) groups is 1. The molecule has 7 heteroatoms. The molecule has 0 spiro atoms. The van der Waals surface area contributed by atoms with E-state index in [4.69, 9.17) is 0 Å². The summed E-state index contributed by atoms with van der Waals surface area (Å²) >= 11 is 2.92. The number of rotatable bonds is 4. The van der Waals surface area contributed by atoms with E-state index in [1.807, 2.05) is 17.5 Å². The summed E-state index contributed by atoms with van der Waals surface area (Å²) in [6, 6.07) is 6.56. The number of benzene rings is 1. The highest BCUT2D eigenvalue weighted by molar-refractivity contribution is 7.20. The van der Waals surface area contributed by atoms with Gasteiger partial charge in [0, 0.05) is 17.0 Å². The number of nitrogens with one attached hydrogen (secondary N) is 1. The van der Waals surface area contributed by atoms with E-state index in [0.29, 0.717) is 0 Å². The molecule has 2 aromatic heterocycles. The van der Waals surface area contributed by atoms with Crippen LogP contribution in [0.4, 0.5) is 8.78 Å². The highest BCUT2D eigenvalue weighted by Gasteiger charge is 2.18. The van der Waals surface area contributed by atoms with Crippen molar-refractivity contribution >= 4 is 28.6 Å². The minimum atomic E-state index is -0.685. The first-order valence-corrected chi connectivity index (χ1v) is 8.56. The molecule has 1 amide bonds. The second-order valence-corrected chi connectivity index (χ2v) is 6.68. The SMILES string of the molecule is C[C@H](NC(=O)c1csc(-c2cccs2)n1)c1ccc(F)cc1F. The van der Waals surface area contributed by atoms with Crippen molar-refractivity contribution in [1.29, 1.82) is 0 Å². The first-order chi connectivity index (χ1) is 11.0. The Labute approximate surface area is 139 Å². The molecule has 0 radical (unpaired) electrons. The number of nitrogens with zero attached hydrogens (tertiary/aromatic N) is 1. The minimum Gasteiger partial charge on any atom is -0.344 e. The smallest absolute Gasteiger partial charge is 0.271 e. The lowest BCUT2D eigenvalue weighted by molar-refractivity contribution is 0.0935. The lowest BCUT2D eigenvalue weighted by atomic mass is 10.1. The topological polar surface area (TPSA) is 42.0 Å². The summed E-state index contributed by atoms with van der Waals surface area (Å²) in [4.78, 5) is 17.5. The van der Waals surface area contributed by atoms with E-state index in [-0.39, 0.29) is 17.2 Å². The van der Waals surface area contributed by atoms with Gasteiger partial charge in [-0.3, -0.25) is 4.79 Å². The molecule has 0 saturated heterocycles. The molecular weight excluding hydrogens is 338 g/mol. The van der Waals surface area contributed by atoms with Crippen molar-refractivity contribution in [3.8, 4) is 9.88 Å². The molecule has 3 nitrogen and oxygen atoms in total. The van der Waals surface area contributed by atoms with Gasteiger partial charge >= 0.3 is 0 Å². The van der Waals surface area contributed by atoms with Crippen molar-refractivity contribution in [2.24, 2.45) is 0 Å². The van der Waals surface area contributed by atoms with Gasteiger partial charge in [-0.2, -0.15) is 0 Å². The molecule has 0 aliphatic heterocycles. The van der Waals surface area contributed by atoms with Crippen LogP contribution in [-0.2, 0) is 0 Å². The number of aromatic nitrogens is 1. The fourth-order valence-electron chi connectivity index (χ4n) is 2.09. The van der Waals surface area contributed by atoms with Gasteiger partial charge in [0.25, 0.3) is 5.91 Å². The zero-order valence-electron chi connectivity index (χ0n) is 12.0. The highest BCUT2D eigenvalue weighted by atomic mass is 32.1. The zero-order valence-corrected chi connectivity index (χ0v) is 13.7. The molecule has 118 valence electrons. The molecule has 1 aromatic carbocycles. The quantitative estimate of drug-likeness (QED) is 0.745. The largest absolute Gasteiger partial charge is 0.344 e. The molecule has 23 heavy (non-hydrogen) atoms. The molecule has 0 aliphatic carbocycles. The normalized spacial score (nSPS) is 12.1. The molecule has 0 unspecified atom stereocenters. The second-order valence-electron chi connectivity index (χ2n) is 4.88. The summed E-state index contributed by atoms with van der Waals surface area (Å²) < 4.78 is 26.7. The molecule has 0 aliphatic rings. The van der Waals surface area contributed by atoms with Gasteiger partial charge in [0.2, 0.25) is 0 Å². The van der Waals surface area contributed by atoms with Gasteiger partial charge in [-0.05, 0) is 24.4 Å². The number of hydrogen-bond acceptors (Lipinski definition) is 4. The molecule has 1 N–H and O–H groups in total. The first-order valence-electron chi connectivity index (χ1n) is 6.80. The Morgan fingerprint density at radius 2 is 2.09 bits per heavy atom. The maximum absolute atomic E-state index is 13.7. The highest BCUT2D eigenvalue weighted by Crippen LogP contribution is 2.28. The van der Waals surface area contributed by atoms with Gasteiger partial charge in [0.15, 0.2) is 0 Å². The fourth-order valence-corrected chi connectivity index (χ4v) is 3.71. The van der Waals surface area contributed by atoms with Crippen molar-refractivity contribution < 1.29 is 13.6 Å². The summed E-state index contributed by atoms with van der Waals surface area (Å²) in [5.41, 5.74) is 0.515. The standard InChI is InChI=1S/C16H12F2N2OS2/c1-9(11-5-4-10(17)7-12(11)18)19-15(21)13-8-23-16(20-13)14-3-2-6-22-14/h2-9H,1H3,(H,19,21)/t9-/m0/s1. The van der Waals surface area contributed by atoms with Crippen molar-refractivity contribution in [1.82, 2.24) is 10.3 Å². The van der Waals surface area contributed by atoms with Gasteiger partial charge in [-0.25, -0.2) is 13.8 Å². The van der Waals surface area contributed by atoms with E-state index in [1.165, 1.54) is 23.5 Å². The van der Waals surface area contributed by atoms with Crippen LogP contribution >= 0.6 is 22.7 Å². The van der Waals surface area contributed by atoms with E-state index in [1.54, 1.807) is 23.6 Å². The second kappa shape index (κ2) is 6.55. The Morgan fingerprint density at radius 1 is 1.26 bits per heavy atom. The molecular formula is C16H12F2N2OS2. The number of thiophene rings is 1. The van der Waals surface area contributed by atoms with Gasteiger partial charge < -0.3 is 5.32 Å². The van der Waals surface area contributed by atoms with Crippen molar-refractivity contribution in [2.45, 2.75) is 13.0 Å². The fraction of sp³-hybridized carbons (Fsp3) is 0.125. The van der Waals surface area contributed by atoms with Gasteiger partial charge in [-0.1, -0.05) is 12.1 Å². The number of hydrogen-bond donors (Lipinski definition) is 1. The summed E-state index contributed by atoms with van der Waals surface area (Å²) in [6.07, 6.45) is 0. The molecule has 0 bridgehead atoms. The summed E-state index contributed by atoms with van der Waals surface area (Å²) in [5.74, 6) is -1.72. The van der Waals surface area contributed by atoms with Crippen molar-refractivity contribution in [3.63, 3.8) is 0 Å². The van der Waals surface area contributed by atoms with E-state index in [2.05, 4.69) is 10.3 Å². The summed E-state index contributed by atoms with van der Waals surface area (Å²) in [6.45, 7) is 1.64. The van der Waals surface area contributed by atoms with Crippen LogP contribution in [0, 0.1) is 11.6 Å². The maximum Gasteiger partial charge on any atom is 0.271 e. The van der Waals surface area contributed by atoms with E-state index < -0.39 is 17.7 Å². The predicted molar refractivity (Wildman–Crippen MR) is 87.7 cm³/mol. The van der Waals surface area contributed by atoms with Crippen LogP contribution in [0.1, 0.15) is 29.0 Å². The maximum atomic E-state index is 13.7. The Morgan fingerprint density at radius 3 is 2.78 bits per heavy atom. The monoisotopic (exact) mass is 350 g/mol. The number of amides is 1. The summed E-state index contributed by atoms with van der Waals surface area (Å²) in [5, 5.41) is 7.05. The van der Waals surface area contributed by atoms with E-state index >= 15 is 0 Å². The van der Waals surface area contributed by atoms with Crippen molar-refractivity contribution in [3.05, 3.63) is 64.0 Å². The Balaban J connectivity index is 1.74. The van der Waals surface area contributed by atoms with Gasteiger partial charge in [0.1, 0.15) is 22.3 Å². The number of carbonyl (C=O) groups excluding carboxylic acids is 1. The van der Waals surface area contributed by atoms with E-state index in [0.717, 1.165) is 16.0 Å². The molecule has 3 rings (SSSR count). The van der Waals surface area contributed by atoms with Crippen LogP contribution < -0.4 is 5.32 Å². The van der Waals surface area contributed by atoms with Crippen LogP contribution in [0.15, 0.2) is 41.1 Å². The third kappa shape index (κ3) is 3.46. The summed E-state index contributed by atoms with van der Waals surface area (Å²) in [7, 11) is 0. The molecule has 0 fully saturated rings. The number of halogens is 2. The Bertz CT molecular complexity index is 830. The first kappa shape index (κ1) is 15.8. The minimum absolute atomic E-state index is 0.230. The predicted octanol–water partition coefficient (Wildman–Crippen LogP) is 4.64. The van der Waals surface area contributed by atoms with Gasteiger partial charge in [0.05, 0.1) is 10.9 Å². The lowest BCUT2D eigenvalue weighted by Crippen LogP contribution is -2.27.